The molecule has 0 amide bonds. The molecule has 0 aliphatic carbocycles. The first kappa shape index (κ1) is 10.1. The van der Waals surface area contributed by atoms with E-state index in [0.717, 1.165) is 13.1 Å². The maximum absolute atomic E-state index is 5.18. The predicted octanol–water partition coefficient (Wildman–Crippen LogP) is 2.12. The molecule has 1 aliphatic rings. The molecule has 0 aromatic rings. The lowest BCUT2D eigenvalue weighted by molar-refractivity contribution is 0.425. The van der Waals surface area contributed by atoms with Crippen molar-refractivity contribution in [3.8, 4) is 12.3 Å². The highest BCUT2D eigenvalue weighted by Gasteiger charge is 2.14. The Morgan fingerprint density at radius 2 is 2.15 bits per heavy atom. The molecule has 0 aromatic heterocycles. The fourth-order valence-electron chi connectivity index (χ4n) is 1.77. The first-order valence-corrected chi connectivity index (χ1v) is 4.88. The quantitative estimate of drug-likeness (QED) is 0.501. The van der Waals surface area contributed by atoms with E-state index in [1.165, 1.54) is 18.4 Å². The summed E-state index contributed by atoms with van der Waals surface area (Å²) in [6, 6.07) is 0. The Morgan fingerprint density at radius 1 is 1.46 bits per heavy atom. The molecule has 0 saturated carbocycles. The van der Waals surface area contributed by atoms with Gasteiger partial charge in [-0.3, -0.25) is 0 Å². The summed E-state index contributed by atoms with van der Waals surface area (Å²) >= 11 is 0. The third kappa shape index (κ3) is 3.08. The van der Waals surface area contributed by atoms with Crippen LogP contribution in [0.5, 0.6) is 0 Å². The molecule has 70 valence electrons. The van der Waals surface area contributed by atoms with Gasteiger partial charge in [0.15, 0.2) is 0 Å². The molecule has 1 aliphatic heterocycles. The third-order valence-corrected chi connectivity index (χ3v) is 2.52. The number of rotatable bonds is 2. The number of piperidine rings is 1. The van der Waals surface area contributed by atoms with E-state index in [2.05, 4.69) is 30.3 Å². The van der Waals surface area contributed by atoms with Crippen LogP contribution in [-0.2, 0) is 0 Å². The minimum Gasteiger partial charge on any atom is -0.317 e. The van der Waals surface area contributed by atoms with Gasteiger partial charge < -0.3 is 5.32 Å². The lowest BCUT2D eigenvalue weighted by atomic mass is 9.89. The number of hydrogen-bond acceptors (Lipinski definition) is 1. The zero-order valence-corrected chi connectivity index (χ0v) is 8.22. The number of nitrogens with one attached hydrogen (secondary N) is 1. The predicted molar refractivity (Wildman–Crippen MR) is 57.3 cm³/mol. The summed E-state index contributed by atoms with van der Waals surface area (Å²) in [6.07, 6.45) is 13.7. The van der Waals surface area contributed by atoms with Gasteiger partial charge in [-0.1, -0.05) is 18.1 Å². The highest BCUT2D eigenvalue weighted by atomic mass is 14.9. The Balaban J connectivity index is 2.56. The maximum Gasteiger partial charge on any atom is -0.00431 e. The normalized spacial score (nSPS) is 20.5. The smallest absolute Gasteiger partial charge is 0.00431 e. The first-order chi connectivity index (χ1) is 6.38. The van der Waals surface area contributed by atoms with Crippen molar-refractivity contribution in [1.82, 2.24) is 5.32 Å². The van der Waals surface area contributed by atoms with Crippen LogP contribution in [0.15, 0.2) is 23.8 Å². The molecule has 1 heteroatoms. The van der Waals surface area contributed by atoms with Gasteiger partial charge in [0, 0.05) is 0 Å². The summed E-state index contributed by atoms with van der Waals surface area (Å²) in [5.74, 6) is 3.24. The zero-order valence-electron chi connectivity index (χ0n) is 8.22. The molecule has 1 saturated heterocycles. The average molecular weight is 175 g/mol. The summed E-state index contributed by atoms with van der Waals surface area (Å²) < 4.78 is 0. The van der Waals surface area contributed by atoms with Crippen LogP contribution in [0, 0.1) is 18.3 Å². The van der Waals surface area contributed by atoms with Crippen LogP contribution in [0.25, 0.3) is 0 Å². The van der Waals surface area contributed by atoms with Crippen LogP contribution < -0.4 is 5.32 Å². The maximum atomic E-state index is 5.18. The SMILES string of the molecule is C#C/C=C\C(=C/C)C1CCNCC1. The van der Waals surface area contributed by atoms with Crippen molar-refractivity contribution < 1.29 is 0 Å². The average Bonchev–Trinajstić information content (AvgIpc) is 2.21. The highest BCUT2D eigenvalue weighted by Crippen LogP contribution is 2.21. The van der Waals surface area contributed by atoms with Crippen molar-refractivity contribution in [2.45, 2.75) is 19.8 Å². The second kappa shape index (κ2) is 5.61. The van der Waals surface area contributed by atoms with Gasteiger partial charge in [-0.05, 0) is 50.4 Å². The minimum atomic E-state index is 0.704. The molecule has 1 N–H and O–H groups in total. The van der Waals surface area contributed by atoms with E-state index in [9.17, 15) is 0 Å². The van der Waals surface area contributed by atoms with Crippen molar-refractivity contribution in [2.75, 3.05) is 13.1 Å². The standard InChI is InChI=1S/C12H17N/c1-3-5-6-11(4-2)12-7-9-13-10-8-12/h1,4-6,12-13H,7-10H2,2H3/b6-5-,11-4+. The molecule has 1 nitrogen and oxygen atoms in total. The van der Waals surface area contributed by atoms with Crippen molar-refractivity contribution >= 4 is 0 Å². The molecular weight excluding hydrogens is 158 g/mol. The molecule has 0 aromatic carbocycles. The highest BCUT2D eigenvalue weighted by molar-refractivity contribution is 5.26. The van der Waals surface area contributed by atoms with Crippen molar-refractivity contribution in [3.63, 3.8) is 0 Å². The van der Waals surface area contributed by atoms with Crippen LogP contribution in [0.1, 0.15) is 19.8 Å². The van der Waals surface area contributed by atoms with Gasteiger partial charge in [-0.2, -0.15) is 0 Å². The monoisotopic (exact) mass is 175 g/mol. The van der Waals surface area contributed by atoms with E-state index in [1.54, 1.807) is 6.08 Å². The van der Waals surface area contributed by atoms with Crippen molar-refractivity contribution in [3.05, 3.63) is 23.8 Å². The summed E-state index contributed by atoms with van der Waals surface area (Å²) in [7, 11) is 0. The zero-order chi connectivity index (χ0) is 9.52. The van der Waals surface area contributed by atoms with Gasteiger partial charge in [-0.25, -0.2) is 0 Å². The topological polar surface area (TPSA) is 12.0 Å². The van der Waals surface area contributed by atoms with Crippen molar-refractivity contribution in [2.24, 2.45) is 5.92 Å². The second-order valence-corrected chi connectivity index (χ2v) is 3.31. The molecule has 0 radical (unpaired) electrons. The van der Waals surface area contributed by atoms with E-state index in [0.29, 0.717) is 5.92 Å². The van der Waals surface area contributed by atoms with Gasteiger partial charge in [0.25, 0.3) is 0 Å². The Bertz CT molecular complexity index is 236. The van der Waals surface area contributed by atoms with E-state index in [-0.39, 0.29) is 0 Å². The lowest BCUT2D eigenvalue weighted by Crippen LogP contribution is -2.28. The molecule has 1 heterocycles. The Kier molecular flexibility index (Phi) is 4.35. The molecule has 0 unspecified atom stereocenters. The van der Waals surface area contributed by atoms with Crippen LogP contribution in [0.2, 0.25) is 0 Å². The largest absolute Gasteiger partial charge is 0.317 e. The number of terminal acetylenes is 1. The van der Waals surface area contributed by atoms with Crippen LogP contribution >= 0.6 is 0 Å². The van der Waals surface area contributed by atoms with Crippen molar-refractivity contribution in [1.29, 1.82) is 0 Å². The van der Waals surface area contributed by atoms with Crippen LogP contribution in [-0.4, -0.2) is 13.1 Å². The Hall–Kier alpha value is -1.00. The molecule has 1 rings (SSSR count). The summed E-state index contributed by atoms with van der Waals surface area (Å²) in [5.41, 5.74) is 1.39. The molecule has 0 bridgehead atoms. The van der Waals surface area contributed by atoms with Gasteiger partial charge in [-0.15, -0.1) is 6.42 Å². The fraction of sp³-hybridized carbons (Fsp3) is 0.500. The Labute approximate surface area is 80.9 Å². The van der Waals surface area contributed by atoms with Crippen LogP contribution in [0.4, 0.5) is 0 Å². The molecule has 0 spiro atoms. The summed E-state index contributed by atoms with van der Waals surface area (Å²) in [6.45, 7) is 4.34. The van der Waals surface area contributed by atoms with Gasteiger partial charge in [0.1, 0.15) is 0 Å². The molecule has 1 fully saturated rings. The fourth-order valence-corrected chi connectivity index (χ4v) is 1.77. The summed E-state index contributed by atoms with van der Waals surface area (Å²) in [5, 5.41) is 3.36. The van der Waals surface area contributed by atoms with Gasteiger partial charge >= 0.3 is 0 Å². The number of hydrogen-bond donors (Lipinski definition) is 1. The van der Waals surface area contributed by atoms with Crippen LogP contribution in [0.3, 0.4) is 0 Å². The summed E-state index contributed by atoms with van der Waals surface area (Å²) in [4.78, 5) is 0. The molecular formula is C12H17N. The van der Waals surface area contributed by atoms with E-state index in [4.69, 9.17) is 6.42 Å². The van der Waals surface area contributed by atoms with Gasteiger partial charge in [0.2, 0.25) is 0 Å². The lowest BCUT2D eigenvalue weighted by Gasteiger charge is -2.23. The molecule has 13 heavy (non-hydrogen) atoms. The van der Waals surface area contributed by atoms with E-state index < -0.39 is 0 Å². The van der Waals surface area contributed by atoms with E-state index in [1.807, 2.05) is 0 Å². The Morgan fingerprint density at radius 3 is 2.69 bits per heavy atom. The minimum absolute atomic E-state index is 0.704. The second-order valence-electron chi connectivity index (χ2n) is 3.31. The first-order valence-electron chi connectivity index (χ1n) is 4.88. The molecule has 0 atom stereocenters. The van der Waals surface area contributed by atoms with Gasteiger partial charge in [0.05, 0.1) is 0 Å². The number of allylic oxidation sites excluding steroid dienone is 4. The van der Waals surface area contributed by atoms with E-state index >= 15 is 0 Å². The third-order valence-electron chi connectivity index (χ3n) is 2.52.